The second kappa shape index (κ2) is 7.12. The van der Waals surface area contributed by atoms with Crippen molar-refractivity contribution < 1.29 is 19.0 Å². The molecule has 0 atom stereocenters. The van der Waals surface area contributed by atoms with Gasteiger partial charge in [0, 0.05) is 0 Å². The van der Waals surface area contributed by atoms with Crippen LogP contribution in [0.15, 0.2) is 16.9 Å². The molecule has 144 valence electrons. The minimum absolute atomic E-state index is 0.0990. The van der Waals surface area contributed by atoms with Crippen LogP contribution in [0.4, 0.5) is 0 Å². The highest BCUT2D eigenvalue weighted by molar-refractivity contribution is 7.20. The number of halogens is 2. The van der Waals surface area contributed by atoms with Crippen LogP contribution in [0, 0.1) is 6.92 Å². The first kappa shape index (κ1) is 18.8. The molecular formula is C18H12Cl2N2O5S. The van der Waals surface area contributed by atoms with Crippen molar-refractivity contribution in [2.75, 3.05) is 13.9 Å². The van der Waals surface area contributed by atoms with Crippen molar-refractivity contribution in [3.8, 4) is 11.5 Å². The maximum Gasteiger partial charge on any atom is 0.348 e. The largest absolute Gasteiger partial charge is 0.465 e. The highest BCUT2D eigenvalue weighted by atomic mass is 35.5. The SMILES string of the molecule is COC(=O)c1sc2nc(/C(Cl)=C/c3cc(Cl)c4c(c3)OCO4)[nH]c(=O)c2c1C. The van der Waals surface area contributed by atoms with Gasteiger partial charge in [-0.1, -0.05) is 23.2 Å². The van der Waals surface area contributed by atoms with Gasteiger partial charge in [0.1, 0.15) is 9.71 Å². The summed E-state index contributed by atoms with van der Waals surface area (Å²) in [5, 5.41) is 0.920. The van der Waals surface area contributed by atoms with Crippen molar-refractivity contribution in [3.05, 3.63) is 49.3 Å². The molecule has 0 radical (unpaired) electrons. The molecular weight excluding hydrogens is 427 g/mol. The molecule has 28 heavy (non-hydrogen) atoms. The number of hydrogen-bond donors (Lipinski definition) is 1. The standard InChI is InChI=1S/C18H12Cl2N2O5S/c1-7-12-16(23)21-15(22-17(12)28-14(7)18(24)25-2)10(20)4-8-3-9(19)13-11(5-8)26-6-27-13/h3-5H,6H2,1-2H3,(H,21,22,23)/b10-4-. The number of carbonyl (C=O) groups is 1. The zero-order valence-electron chi connectivity index (χ0n) is 14.6. The number of rotatable bonds is 3. The number of ether oxygens (including phenoxy) is 3. The Bertz CT molecular complexity index is 1210. The van der Waals surface area contributed by atoms with Crippen molar-refractivity contribution in [2.24, 2.45) is 0 Å². The Balaban J connectivity index is 1.79. The van der Waals surface area contributed by atoms with Crippen LogP contribution in [0.3, 0.4) is 0 Å². The molecule has 1 aliphatic heterocycles. The molecule has 0 aliphatic carbocycles. The highest BCUT2D eigenvalue weighted by Crippen LogP contribution is 2.40. The lowest BCUT2D eigenvalue weighted by Gasteiger charge is -2.03. The summed E-state index contributed by atoms with van der Waals surface area (Å²) in [5.41, 5.74) is 0.786. The van der Waals surface area contributed by atoms with Gasteiger partial charge in [0.2, 0.25) is 6.79 Å². The Labute approximate surface area is 172 Å². The van der Waals surface area contributed by atoms with E-state index in [1.54, 1.807) is 25.1 Å². The number of esters is 1. The number of aromatic nitrogens is 2. The molecule has 3 aromatic rings. The van der Waals surface area contributed by atoms with Crippen molar-refractivity contribution in [1.82, 2.24) is 9.97 Å². The van der Waals surface area contributed by atoms with E-state index in [2.05, 4.69) is 9.97 Å². The predicted molar refractivity (Wildman–Crippen MR) is 108 cm³/mol. The van der Waals surface area contributed by atoms with Crippen LogP contribution in [0.5, 0.6) is 11.5 Å². The Hall–Kier alpha value is -2.55. The second-order valence-corrected chi connectivity index (χ2v) is 7.68. The van der Waals surface area contributed by atoms with Crippen molar-refractivity contribution in [3.63, 3.8) is 0 Å². The Kier molecular flexibility index (Phi) is 4.78. The Morgan fingerprint density at radius 2 is 2.18 bits per heavy atom. The molecule has 0 saturated heterocycles. The number of aromatic amines is 1. The number of nitrogens with one attached hydrogen (secondary N) is 1. The van der Waals surface area contributed by atoms with Crippen LogP contribution >= 0.6 is 34.5 Å². The van der Waals surface area contributed by atoms with E-state index in [1.165, 1.54) is 7.11 Å². The van der Waals surface area contributed by atoms with Crippen LogP contribution in [-0.2, 0) is 4.74 Å². The fourth-order valence-corrected chi connectivity index (χ4v) is 4.42. The van der Waals surface area contributed by atoms with Crippen molar-refractivity contribution in [1.29, 1.82) is 0 Å². The molecule has 0 unspecified atom stereocenters. The maximum atomic E-state index is 12.5. The summed E-state index contributed by atoms with van der Waals surface area (Å²) in [6.45, 7) is 1.77. The fraction of sp³-hybridized carbons (Fsp3) is 0.167. The molecule has 1 aliphatic rings. The third-order valence-corrected chi connectivity index (χ3v) is 5.88. The number of methoxy groups -OCH3 is 1. The van der Waals surface area contributed by atoms with Crippen molar-refractivity contribution >= 4 is 61.8 Å². The molecule has 3 heterocycles. The van der Waals surface area contributed by atoms with Gasteiger partial charge < -0.3 is 19.2 Å². The highest BCUT2D eigenvalue weighted by Gasteiger charge is 2.21. The molecule has 0 fully saturated rings. The van der Waals surface area contributed by atoms with Crippen LogP contribution < -0.4 is 15.0 Å². The molecule has 0 saturated carbocycles. The number of H-pyrrole nitrogens is 1. The number of carbonyl (C=O) groups excluding carboxylic acids is 1. The van der Waals surface area contributed by atoms with Gasteiger partial charge in [0.25, 0.3) is 5.56 Å². The van der Waals surface area contributed by atoms with Gasteiger partial charge in [-0.05, 0) is 36.3 Å². The lowest BCUT2D eigenvalue weighted by Crippen LogP contribution is -2.10. The molecule has 0 amide bonds. The first-order valence-corrected chi connectivity index (χ1v) is 9.54. The quantitative estimate of drug-likeness (QED) is 0.616. The van der Waals surface area contributed by atoms with E-state index < -0.39 is 5.97 Å². The average Bonchev–Trinajstić information content (AvgIpc) is 3.26. The smallest absolute Gasteiger partial charge is 0.348 e. The minimum Gasteiger partial charge on any atom is -0.465 e. The number of thiophene rings is 1. The van der Waals surface area contributed by atoms with Crippen molar-refractivity contribution in [2.45, 2.75) is 6.92 Å². The summed E-state index contributed by atoms with van der Waals surface area (Å²) in [4.78, 5) is 32.2. The van der Waals surface area contributed by atoms with E-state index in [-0.39, 0.29) is 23.2 Å². The van der Waals surface area contributed by atoms with Crippen LogP contribution in [0.1, 0.15) is 26.6 Å². The lowest BCUT2D eigenvalue weighted by molar-refractivity contribution is 0.0605. The first-order chi connectivity index (χ1) is 13.4. The lowest BCUT2D eigenvalue weighted by atomic mass is 10.2. The second-order valence-electron chi connectivity index (χ2n) is 5.87. The van der Waals surface area contributed by atoms with Crippen LogP contribution in [0.25, 0.3) is 21.3 Å². The number of benzene rings is 1. The maximum absolute atomic E-state index is 12.5. The summed E-state index contributed by atoms with van der Waals surface area (Å²) in [6.07, 6.45) is 1.60. The number of hydrogen-bond acceptors (Lipinski definition) is 7. The molecule has 0 bridgehead atoms. The zero-order valence-corrected chi connectivity index (χ0v) is 16.9. The van der Waals surface area contributed by atoms with Crippen LogP contribution in [0.2, 0.25) is 5.02 Å². The van der Waals surface area contributed by atoms with E-state index >= 15 is 0 Å². The summed E-state index contributed by atoms with van der Waals surface area (Å²) in [5.74, 6) is 0.646. The summed E-state index contributed by atoms with van der Waals surface area (Å²) in [7, 11) is 1.28. The monoisotopic (exact) mass is 438 g/mol. The molecule has 1 N–H and O–H groups in total. The molecule has 10 heteroatoms. The van der Waals surface area contributed by atoms with E-state index in [4.69, 9.17) is 37.4 Å². The summed E-state index contributed by atoms with van der Waals surface area (Å²) in [6, 6.07) is 3.39. The van der Waals surface area contributed by atoms with Gasteiger partial charge in [0.05, 0.1) is 22.6 Å². The summed E-state index contributed by atoms with van der Waals surface area (Å²) < 4.78 is 15.4. The van der Waals surface area contributed by atoms with Gasteiger partial charge in [-0.25, -0.2) is 9.78 Å². The van der Waals surface area contributed by atoms with E-state index in [1.807, 2.05) is 0 Å². The van der Waals surface area contributed by atoms with E-state index in [0.717, 1.165) is 11.3 Å². The predicted octanol–water partition coefficient (Wildman–Crippen LogP) is 4.20. The number of fused-ring (bicyclic) bond motifs is 2. The molecule has 1 aromatic carbocycles. The number of nitrogens with zero attached hydrogens (tertiary/aromatic N) is 1. The van der Waals surface area contributed by atoms with Gasteiger partial charge in [-0.15, -0.1) is 11.3 Å². The normalized spacial score (nSPS) is 13.2. The average molecular weight is 439 g/mol. The van der Waals surface area contributed by atoms with Gasteiger partial charge in [-0.2, -0.15) is 0 Å². The molecule has 0 spiro atoms. The van der Waals surface area contributed by atoms with Gasteiger partial charge >= 0.3 is 5.97 Å². The van der Waals surface area contributed by atoms with Crippen LogP contribution in [-0.4, -0.2) is 29.8 Å². The fourth-order valence-electron chi connectivity index (χ4n) is 2.83. The molecule has 2 aromatic heterocycles. The third kappa shape index (κ3) is 3.13. The van der Waals surface area contributed by atoms with Gasteiger partial charge in [-0.3, -0.25) is 4.79 Å². The summed E-state index contributed by atoms with van der Waals surface area (Å²) >= 11 is 13.6. The Morgan fingerprint density at radius 1 is 1.39 bits per heavy atom. The topological polar surface area (TPSA) is 90.5 Å². The molecule has 7 nitrogen and oxygen atoms in total. The third-order valence-electron chi connectivity index (χ3n) is 4.14. The minimum atomic E-state index is -0.516. The zero-order chi connectivity index (χ0) is 20.0. The van der Waals surface area contributed by atoms with Gasteiger partial charge in [0.15, 0.2) is 17.3 Å². The molecule has 4 rings (SSSR count). The number of aryl methyl sites for hydroxylation is 1. The van der Waals surface area contributed by atoms with E-state index in [9.17, 15) is 9.59 Å². The Morgan fingerprint density at radius 3 is 2.93 bits per heavy atom. The first-order valence-electron chi connectivity index (χ1n) is 7.97. The van der Waals surface area contributed by atoms with E-state index in [0.29, 0.717) is 42.7 Å².